The number of aromatic nitrogens is 1. The molecule has 1 aromatic heterocycles. The van der Waals surface area contributed by atoms with E-state index in [-0.39, 0.29) is 24.1 Å². The predicted molar refractivity (Wildman–Crippen MR) is 88.2 cm³/mol. The maximum Gasteiger partial charge on any atom is 0.270 e. The van der Waals surface area contributed by atoms with E-state index in [4.69, 9.17) is 11.6 Å². The van der Waals surface area contributed by atoms with E-state index >= 15 is 0 Å². The van der Waals surface area contributed by atoms with Crippen molar-refractivity contribution in [2.24, 2.45) is 11.8 Å². The summed E-state index contributed by atoms with van der Waals surface area (Å²) in [6.07, 6.45) is 7.72. The van der Waals surface area contributed by atoms with E-state index in [0.717, 1.165) is 25.4 Å². The van der Waals surface area contributed by atoms with Gasteiger partial charge < -0.3 is 10.2 Å². The first-order valence-electron chi connectivity index (χ1n) is 8.31. The third-order valence-corrected chi connectivity index (χ3v) is 5.23. The molecule has 1 aromatic rings. The highest BCUT2D eigenvalue weighted by atomic mass is 35.5. The van der Waals surface area contributed by atoms with Crippen LogP contribution in [0.3, 0.4) is 0 Å². The zero-order valence-electron chi connectivity index (χ0n) is 13.1. The Labute approximate surface area is 141 Å². The van der Waals surface area contributed by atoms with Gasteiger partial charge in [0.25, 0.3) is 5.91 Å². The van der Waals surface area contributed by atoms with Gasteiger partial charge in [0.1, 0.15) is 5.69 Å². The van der Waals surface area contributed by atoms with Crippen LogP contribution < -0.4 is 5.32 Å². The number of rotatable bonds is 3. The first-order valence-corrected chi connectivity index (χ1v) is 8.69. The molecule has 1 saturated heterocycles. The number of amides is 2. The summed E-state index contributed by atoms with van der Waals surface area (Å²) in [6, 6.07) is 3.10. The SMILES string of the molecule is O=C(NCC(=O)N1CC[C@@H]2CCCC[C@H]2C1)c1cc(Cl)ccn1. The molecule has 2 heterocycles. The number of hydrogen-bond donors (Lipinski definition) is 1. The van der Waals surface area contributed by atoms with E-state index in [1.54, 1.807) is 6.07 Å². The van der Waals surface area contributed by atoms with Gasteiger partial charge in [-0.2, -0.15) is 0 Å². The van der Waals surface area contributed by atoms with Gasteiger partial charge in [0.2, 0.25) is 5.91 Å². The largest absolute Gasteiger partial charge is 0.342 e. The molecule has 2 amide bonds. The highest BCUT2D eigenvalue weighted by Crippen LogP contribution is 2.35. The lowest BCUT2D eigenvalue weighted by Crippen LogP contribution is -2.48. The van der Waals surface area contributed by atoms with Crippen LogP contribution >= 0.6 is 11.6 Å². The maximum absolute atomic E-state index is 12.3. The number of likely N-dealkylation sites (tertiary alicyclic amines) is 1. The molecule has 23 heavy (non-hydrogen) atoms. The molecule has 1 saturated carbocycles. The van der Waals surface area contributed by atoms with E-state index in [2.05, 4.69) is 10.3 Å². The molecule has 0 unspecified atom stereocenters. The van der Waals surface area contributed by atoms with Crippen LogP contribution in [0.5, 0.6) is 0 Å². The van der Waals surface area contributed by atoms with Crippen LogP contribution in [0.4, 0.5) is 0 Å². The van der Waals surface area contributed by atoms with Gasteiger partial charge in [0, 0.05) is 24.3 Å². The summed E-state index contributed by atoms with van der Waals surface area (Å²) in [5, 5.41) is 3.10. The molecule has 0 bridgehead atoms. The van der Waals surface area contributed by atoms with Gasteiger partial charge in [-0.1, -0.05) is 30.9 Å². The van der Waals surface area contributed by atoms with E-state index in [0.29, 0.717) is 10.9 Å². The second-order valence-electron chi connectivity index (χ2n) is 6.48. The van der Waals surface area contributed by atoms with Gasteiger partial charge in [-0.25, -0.2) is 0 Å². The molecule has 2 fully saturated rings. The third kappa shape index (κ3) is 4.02. The minimum Gasteiger partial charge on any atom is -0.342 e. The van der Waals surface area contributed by atoms with Crippen molar-refractivity contribution in [3.05, 3.63) is 29.0 Å². The van der Waals surface area contributed by atoms with Crippen molar-refractivity contribution in [1.82, 2.24) is 15.2 Å². The predicted octanol–water partition coefficient (Wildman–Crippen LogP) is 2.50. The molecule has 2 atom stereocenters. The fourth-order valence-corrected chi connectivity index (χ4v) is 3.87. The highest BCUT2D eigenvalue weighted by Gasteiger charge is 2.32. The third-order valence-electron chi connectivity index (χ3n) is 5.00. The molecular formula is C17H22ClN3O2. The van der Waals surface area contributed by atoms with Crippen molar-refractivity contribution in [2.45, 2.75) is 32.1 Å². The summed E-state index contributed by atoms with van der Waals surface area (Å²) in [5.74, 6) is 1.06. The maximum atomic E-state index is 12.3. The molecule has 5 nitrogen and oxygen atoms in total. The van der Waals surface area contributed by atoms with E-state index < -0.39 is 0 Å². The Balaban J connectivity index is 1.50. The second-order valence-corrected chi connectivity index (χ2v) is 6.91. The molecular weight excluding hydrogens is 314 g/mol. The van der Waals surface area contributed by atoms with Crippen LogP contribution in [-0.2, 0) is 4.79 Å². The fourth-order valence-electron chi connectivity index (χ4n) is 3.71. The summed E-state index contributed by atoms with van der Waals surface area (Å²) in [4.78, 5) is 30.2. The number of carbonyl (C=O) groups is 2. The van der Waals surface area contributed by atoms with Crippen molar-refractivity contribution in [3.8, 4) is 0 Å². The Kier molecular flexibility index (Phi) is 5.16. The number of fused-ring (bicyclic) bond motifs is 1. The molecule has 0 aromatic carbocycles. The topological polar surface area (TPSA) is 62.3 Å². The molecule has 124 valence electrons. The van der Waals surface area contributed by atoms with Crippen LogP contribution in [0.15, 0.2) is 18.3 Å². The summed E-state index contributed by atoms with van der Waals surface area (Å²) >= 11 is 5.84. The minimum absolute atomic E-state index is 0.00981. The van der Waals surface area contributed by atoms with E-state index in [9.17, 15) is 9.59 Å². The molecule has 0 spiro atoms. The molecule has 1 aliphatic heterocycles. The molecule has 3 rings (SSSR count). The summed E-state index contributed by atoms with van der Waals surface area (Å²) < 4.78 is 0. The lowest BCUT2D eigenvalue weighted by Gasteiger charge is -2.41. The number of halogens is 1. The monoisotopic (exact) mass is 335 g/mol. The van der Waals surface area contributed by atoms with Crippen molar-refractivity contribution < 1.29 is 9.59 Å². The van der Waals surface area contributed by atoms with Crippen LogP contribution in [0.1, 0.15) is 42.6 Å². The van der Waals surface area contributed by atoms with Crippen molar-refractivity contribution >= 4 is 23.4 Å². The Morgan fingerprint density at radius 1 is 1.26 bits per heavy atom. The summed E-state index contributed by atoms with van der Waals surface area (Å²) in [6.45, 7) is 1.67. The highest BCUT2D eigenvalue weighted by molar-refractivity contribution is 6.30. The number of carbonyl (C=O) groups excluding carboxylic acids is 2. The Morgan fingerprint density at radius 2 is 2.04 bits per heavy atom. The average molecular weight is 336 g/mol. The number of pyridine rings is 1. The van der Waals surface area contributed by atoms with Gasteiger partial charge in [-0.05, 0) is 36.8 Å². The zero-order valence-corrected chi connectivity index (χ0v) is 13.9. The normalized spacial score (nSPS) is 24.0. The zero-order chi connectivity index (χ0) is 16.2. The van der Waals surface area contributed by atoms with E-state index in [1.807, 2.05) is 4.90 Å². The van der Waals surface area contributed by atoms with Gasteiger partial charge in [0.15, 0.2) is 0 Å². The van der Waals surface area contributed by atoms with E-state index in [1.165, 1.54) is 37.9 Å². The quantitative estimate of drug-likeness (QED) is 0.923. The first-order chi connectivity index (χ1) is 11.1. The van der Waals surface area contributed by atoms with Crippen LogP contribution in [0.2, 0.25) is 5.02 Å². The van der Waals surface area contributed by atoms with Crippen LogP contribution in [-0.4, -0.2) is 41.3 Å². The van der Waals surface area contributed by atoms with Crippen molar-refractivity contribution in [1.29, 1.82) is 0 Å². The molecule has 1 aliphatic carbocycles. The van der Waals surface area contributed by atoms with Gasteiger partial charge >= 0.3 is 0 Å². The number of nitrogens with zero attached hydrogens (tertiary/aromatic N) is 2. The Hall–Kier alpha value is -1.62. The van der Waals surface area contributed by atoms with Gasteiger partial charge in [-0.15, -0.1) is 0 Å². The number of nitrogens with one attached hydrogen (secondary N) is 1. The lowest BCUT2D eigenvalue weighted by molar-refractivity contribution is -0.133. The molecule has 0 radical (unpaired) electrons. The first kappa shape index (κ1) is 16.2. The Morgan fingerprint density at radius 3 is 2.83 bits per heavy atom. The molecule has 1 N–H and O–H groups in total. The van der Waals surface area contributed by atoms with Crippen LogP contribution in [0.25, 0.3) is 0 Å². The minimum atomic E-state index is -0.367. The lowest BCUT2D eigenvalue weighted by atomic mass is 9.75. The average Bonchev–Trinajstić information content (AvgIpc) is 2.59. The Bertz CT molecular complexity index is 593. The summed E-state index contributed by atoms with van der Waals surface area (Å²) in [7, 11) is 0. The molecule has 6 heteroatoms. The van der Waals surface area contributed by atoms with Crippen LogP contribution in [0, 0.1) is 11.8 Å². The van der Waals surface area contributed by atoms with Crippen molar-refractivity contribution in [2.75, 3.05) is 19.6 Å². The van der Waals surface area contributed by atoms with Gasteiger partial charge in [-0.3, -0.25) is 14.6 Å². The molecule has 2 aliphatic rings. The second kappa shape index (κ2) is 7.30. The summed E-state index contributed by atoms with van der Waals surface area (Å²) in [5.41, 5.74) is 0.233. The number of hydrogen-bond acceptors (Lipinski definition) is 3. The van der Waals surface area contributed by atoms with Gasteiger partial charge in [0.05, 0.1) is 6.54 Å². The van der Waals surface area contributed by atoms with Crippen molar-refractivity contribution in [3.63, 3.8) is 0 Å². The fraction of sp³-hybridized carbons (Fsp3) is 0.588. The number of piperidine rings is 1. The standard InChI is InChI=1S/C17H22ClN3O2/c18-14-5-7-19-15(9-14)17(23)20-10-16(22)21-8-6-12-3-1-2-4-13(12)11-21/h5,7,9,12-13H,1-4,6,8,10-11H2,(H,20,23)/t12-,13-/m0/s1. The smallest absolute Gasteiger partial charge is 0.270 e.